The third kappa shape index (κ3) is 4.04. The standard InChI is InChI=1S/C20H29NO7S/c1-6-20(17(22)23)11-12-21(18(24)25,19(3,4)5)13-16(20)28-29(26,27)15-9-7-14(2)8-10-15/h7-10,16H,6,11-13H2,1-5H3,(H-,22,23,24,25)/p+1. The van der Waals surface area contributed by atoms with Crippen molar-refractivity contribution in [1.82, 2.24) is 0 Å². The fourth-order valence-electron chi connectivity index (χ4n) is 4.01. The van der Waals surface area contributed by atoms with Crippen LogP contribution in [0.4, 0.5) is 4.79 Å². The maximum Gasteiger partial charge on any atom is 0.514 e. The maximum absolute atomic E-state index is 12.9. The second kappa shape index (κ2) is 7.70. The summed E-state index contributed by atoms with van der Waals surface area (Å²) in [4.78, 5) is 24.3. The highest BCUT2D eigenvalue weighted by molar-refractivity contribution is 7.86. The van der Waals surface area contributed by atoms with Gasteiger partial charge in [-0.2, -0.15) is 13.2 Å². The number of carbonyl (C=O) groups is 2. The third-order valence-electron chi connectivity index (χ3n) is 6.29. The second-order valence-electron chi connectivity index (χ2n) is 8.74. The van der Waals surface area contributed by atoms with Crippen LogP contribution < -0.4 is 0 Å². The molecule has 1 aliphatic heterocycles. The van der Waals surface area contributed by atoms with Gasteiger partial charge < -0.3 is 10.2 Å². The molecule has 1 aromatic rings. The molecule has 162 valence electrons. The number of nitrogens with zero attached hydrogens (tertiary/aromatic N) is 1. The molecule has 0 bridgehead atoms. The Morgan fingerprint density at radius 2 is 1.76 bits per heavy atom. The van der Waals surface area contributed by atoms with Gasteiger partial charge in [0.15, 0.2) is 0 Å². The molecule has 0 spiro atoms. The molecule has 2 rings (SSSR count). The molecule has 3 unspecified atom stereocenters. The zero-order valence-corrected chi connectivity index (χ0v) is 18.3. The van der Waals surface area contributed by atoms with Crippen molar-refractivity contribution in [2.24, 2.45) is 5.41 Å². The van der Waals surface area contributed by atoms with Crippen molar-refractivity contribution in [3.63, 3.8) is 0 Å². The molecule has 2 N–H and O–H groups in total. The highest BCUT2D eigenvalue weighted by Crippen LogP contribution is 2.44. The fourth-order valence-corrected chi connectivity index (χ4v) is 5.14. The van der Waals surface area contributed by atoms with E-state index in [0.717, 1.165) is 5.56 Å². The Bertz CT molecular complexity index is 888. The molecule has 1 amide bonds. The lowest BCUT2D eigenvalue weighted by Gasteiger charge is -2.52. The number of hydrogen-bond donors (Lipinski definition) is 2. The SMILES string of the molecule is CCC1(C(=O)O)CC[N+](C(=O)O)(C(C)(C)C)CC1OS(=O)(=O)c1ccc(C)cc1. The molecule has 1 aliphatic rings. The molecule has 3 atom stereocenters. The zero-order chi connectivity index (χ0) is 22.3. The Kier molecular flexibility index (Phi) is 6.19. The third-order valence-corrected chi connectivity index (χ3v) is 7.63. The molecule has 1 aromatic carbocycles. The number of aryl methyl sites for hydroxylation is 1. The number of hydrogen-bond acceptors (Lipinski definition) is 5. The molecular formula is C20H30NO7S+. The molecule has 9 heteroatoms. The van der Waals surface area contributed by atoms with Gasteiger partial charge in [-0.3, -0.25) is 8.98 Å². The van der Waals surface area contributed by atoms with Gasteiger partial charge >= 0.3 is 12.1 Å². The van der Waals surface area contributed by atoms with Crippen LogP contribution in [-0.4, -0.2) is 59.9 Å². The molecule has 0 aliphatic carbocycles. The summed E-state index contributed by atoms with van der Waals surface area (Å²) >= 11 is 0. The van der Waals surface area contributed by atoms with Crippen LogP contribution in [0.2, 0.25) is 0 Å². The van der Waals surface area contributed by atoms with E-state index in [1.165, 1.54) is 12.1 Å². The summed E-state index contributed by atoms with van der Waals surface area (Å²) in [6.45, 7) is 8.51. The predicted molar refractivity (Wildman–Crippen MR) is 106 cm³/mol. The Morgan fingerprint density at radius 1 is 1.21 bits per heavy atom. The number of carboxylic acids is 1. The first kappa shape index (κ1) is 23.3. The van der Waals surface area contributed by atoms with Crippen LogP contribution in [-0.2, 0) is 19.1 Å². The first-order valence-corrected chi connectivity index (χ1v) is 11.0. The summed E-state index contributed by atoms with van der Waals surface area (Å²) in [6.07, 6.45) is -2.33. The summed E-state index contributed by atoms with van der Waals surface area (Å²) < 4.78 is 30.8. The summed E-state index contributed by atoms with van der Waals surface area (Å²) in [7, 11) is -4.28. The van der Waals surface area contributed by atoms with Gasteiger partial charge in [0.25, 0.3) is 10.1 Å². The first-order chi connectivity index (χ1) is 13.2. The van der Waals surface area contributed by atoms with Crippen LogP contribution in [0, 0.1) is 12.3 Å². The number of amides is 1. The number of aliphatic carboxylic acids is 1. The van der Waals surface area contributed by atoms with Crippen molar-refractivity contribution in [3.8, 4) is 0 Å². The fraction of sp³-hybridized carbons (Fsp3) is 0.600. The topological polar surface area (TPSA) is 118 Å². The van der Waals surface area contributed by atoms with Gasteiger partial charge in [-0.15, -0.1) is 0 Å². The van der Waals surface area contributed by atoms with Crippen molar-refractivity contribution in [3.05, 3.63) is 29.8 Å². The van der Waals surface area contributed by atoms with Crippen LogP contribution in [0.15, 0.2) is 29.2 Å². The highest BCUT2D eigenvalue weighted by atomic mass is 32.2. The Labute approximate surface area is 171 Å². The van der Waals surface area contributed by atoms with E-state index in [2.05, 4.69) is 0 Å². The van der Waals surface area contributed by atoms with E-state index in [1.807, 2.05) is 6.92 Å². The smallest absolute Gasteiger partial charge is 0.481 e. The molecule has 0 radical (unpaired) electrons. The van der Waals surface area contributed by atoms with Gasteiger partial charge in [0, 0.05) is 6.42 Å². The minimum Gasteiger partial charge on any atom is -0.481 e. The normalized spacial score (nSPS) is 28.1. The maximum atomic E-state index is 12.9. The van der Waals surface area contributed by atoms with Crippen molar-refractivity contribution in [2.75, 3.05) is 13.1 Å². The van der Waals surface area contributed by atoms with E-state index in [9.17, 15) is 28.2 Å². The summed E-state index contributed by atoms with van der Waals surface area (Å²) in [5, 5.41) is 19.9. The van der Waals surface area contributed by atoms with E-state index in [4.69, 9.17) is 4.18 Å². The number of quaternary nitrogens is 1. The van der Waals surface area contributed by atoms with Crippen LogP contribution in [0.25, 0.3) is 0 Å². The van der Waals surface area contributed by atoms with Crippen LogP contribution >= 0.6 is 0 Å². The molecule has 1 heterocycles. The molecule has 1 fully saturated rings. The number of likely N-dealkylation sites (tertiary alicyclic amines) is 1. The van der Waals surface area contributed by atoms with Gasteiger partial charge in [-0.05, 0) is 46.2 Å². The van der Waals surface area contributed by atoms with Gasteiger partial charge in [-0.1, -0.05) is 24.6 Å². The molecule has 0 aromatic heterocycles. The van der Waals surface area contributed by atoms with Crippen molar-refractivity contribution in [2.45, 2.75) is 64.0 Å². The van der Waals surface area contributed by atoms with E-state index in [0.29, 0.717) is 0 Å². The molecule has 1 saturated heterocycles. The van der Waals surface area contributed by atoms with Gasteiger partial charge in [0.1, 0.15) is 23.6 Å². The van der Waals surface area contributed by atoms with E-state index < -0.39 is 43.7 Å². The number of benzene rings is 1. The largest absolute Gasteiger partial charge is 0.514 e. The average Bonchev–Trinajstić information content (AvgIpc) is 2.60. The molecule has 8 nitrogen and oxygen atoms in total. The van der Waals surface area contributed by atoms with E-state index in [1.54, 1.807) is 39.8 Å². The molecular weight excluding hydrogens is 398 g/mol. The lowest BCUT2D eigenvalue weighted by Crippen LogP contribution is -2.72. The Morgan fingerprint density at radius 3 is 2.17 bits per heavy atom. The number of carboxylic acid groups (broad SMARTS) is 2. The van der Waals surface area contributed by atoms with Crippen molar-refractivity contribution < 1.29 is 36.9 Å². The lowest BCUT2D eigenvalue weighted by molar-refractivity contribution is -0.912. The van der Waals surface area contributed by atoms with Crippen LogP contribution in [0.1, 0.15) is 46.1 Å². The number of piperidine rings is 1. The lowest BCUT2D eigenvalue weighted by atomic mass is 9.72. The highest BCUT2D eigenvalue weighted by Gasteiger charge is 2.61. The summed E-state index contributed by atoms with van der Waals surface area (Å²) in [6, 6.07) is 6.03. The zero-order valence-electron chi connectivity index (χ0n) is 17.5. The van der Waals surface area contributed by atoms with Crippen molar-refractivity contribution in [1.29, 1.82) is 0 Å². The van der Waals surface area contributed by atoms with Crippen LogP contribution in [0.3, 0.4) is 0 Å². The average molecular weight is 429 g/mol. The Hall–Kier alpha value is -1.97. The van der Waals surface area contributed by atoms with Gasteiger partial charge in [0.2, 0.25) is 0 Å². The summed E-state index contributed by atoms with van der Waals surface area (Å²) in [5.74, 6) is -1.18. The van der Waals surface area contributed by atoms with E-state index in [-0.39, 0.29) is 30.8 Å². The first-order valence-electron chi connectivity index (χ1n) is 9.56. The summed E-state index contributed by atoms with van der Waals surface area (Å²) in [5.41, 5.74) is -1.40. The van der Waals surface area contributed by atoms with Crippen molar-refractivity contribution >= 4 is 22.2 Å². The van der Waals surface area contributed by atoms with Gasteiger partial charge in [0.05, 0.1) is 11.4 Å². The van der Waals surface area contributed by atoms with Crippen LogP contribution in [0.5, 0.6) is 0 Å². The monoisotopic (exact) mass is 428 g/mol. The Balaban J connectivity index is 2.55. The molecule has 29 heavy (non-hydrogen) atoms. The van der Waals surface area contributed by atoms with E-state index >= 15 is 0 Å². The minimum absolute atomic E-state index is 0.00348. The second-order valence-corrected chi connectivity index (χ2v) is 10.3. The van der Waals surface area contributed by atoms with Gasteiger partial charge in [-0.25, -0.2) is 4.48 Å². The predicted octanol–water partition coefficient (Wildman–Crippen LogP) is 3.25. The minimum atomic E-state index is -4.28. The molecule has 0 saturated carbocycles. The quantitative estimate of drug-likeness (QED) is 0.546. The number of rotatable bonds is 5.